The molecule has 126 valence electrons. The van der Waals surface area contributed by atoms with Crippen molar-refractivity contribution in [2.24, 2.45) is 0 Å². The van der Waals surface area contributed by atoms with E-state index in [4.69, 9.17) is 4.74 Å². The SMILES string of the molecule is Cc1nccc([C@@H]2CN(C(=O)CC3(O)CCCCC3)CCO2)n1. The molecule has 6 nitrogen and oxygen atoms in total. The van der Waals surface area contributed by atoms with Gasteiger partial charge in [0.05, 0.1) is 30.9 Å². The van der Waals surface area contributed by atoms with Gasteiger partial charge in [-0.05, 0) is 25.8 Å². The number of aliphatic hydroxyl groups is 1. The van der Waals surface area contributed by atoms with Crippen LogP contribution in [0.2, 0.25) is 0 Å². The van der Waals surface area contributed by atoms with Crippen LogP contribution in [-0.2, 0) is 9.53 Å². The Bertz CT molecular complexity index is 558. The fraction of sp³-hybridized carbons (Fsp3) is 0.706. The lowest BCUT2D eigenvalue weighted by molar-refractivity contribution is -0.145. The Hall–Kier alpha value is -1.53. The van der Waals surface area contributed by atoms with E-state index in [-0.39, 0.29) is 18.4 Å². The van der Waals surface area contributed by atoms with Gasteiger partial charge in [0.2, 0.25) is 5.91 Å². The van der Waals surface area contributed by atoms with Crippen LogP contribution in [0.15, 0.2) is 12.3 Å². The van der Waals surface area contributed by atoms with Gasteiger partial charge in [-0.3, -0.25) is 4.79 Å². The summed E-state index contributed by atoms with van der Waals surface area (Å²) in [6, 6.07) is 1.83. The fourth-order valence-corrected chi connectivity index (χ4v) is 3.49. The molecule has 0 aromatic carbocycles. The number of rotatable bonds is 3. The summed E-state index contributed by atoms with van der Waals surface area (Å²) in [6.07, 6.45) is 6.37. The molecule has 1 saturated heterocycles. The van der Waals surface area contributed by atoms with Gasteiger partial charge in [-0.2, -0.15) is 0 Å². The van der Waals surface area contributed by atoms with Gasteiger partial charge in [0.15, 0.2) is 0 Å². The quantitative estimate of drug-likeness (QED) is 0.919. The molecule has 1 atom stereocenters. The van der Waals surface area contributed by atoms with E-state index < -0.39 is 5.60 Å². The van der Waals surface area contributed by atoms with E-state index in [1.54, 1.807) is 11.1 Å². The second kappa shape index (κ2) is 6.93. The monoisotopic (exact) mass is 319 g/mol. The van der Waals surface area contributed by atoms with Crippen molar-refractivity contribution in [2.75, 3.05) is 19.7 Å². The standard InChI is InChI=1S/C17H25N3O3/c1-13-18-8-5-14(19-13)15-12-20(9-10-23-15)16(21)11-17(22)6-3-2-4-7-17/h5,8,15,22H,2-4,6-7,9-12H2,1H3/t15-/m0/s1. The summed E-state index contributed by atoms with van der Waals surface area (Å²) in [7, 11) is 0. The third-order valence-electron chi connectivity index (χ3n) is 4.81. The predicted octanol–water partition coefficient (Wildman–Crippen LogP) is 1.77. The molecule has 1 aliphatic heterocycles. The Morgan fingerprint density at radius 1 is 1.43 bits per heavy atom. The maximum atomic E-state index is 12.6. The van der Waals surface area contributed by atoms with Crippen LogP contribution in [0.5, 0.6) is 0 Å². The van der Waals surface area contributed by atoms with E-state index in [0.29, 0.717) is 25.5 Å². The van der Waals surface area contributed by atoms with Crippen molar-refractivity contribution < 1.29 is 14.6 Å². The average molecular weight is 319 g/mol. The Kier molecular flexibility index (Phi) is 4.92. The number of hydrogen-bond donors (Lipinski definition) is 1. The number of morpholine rings is 1. The van der Waals surface area contributed by atoms with Crippen LogP contribution in [-0.4, -0.2) is 51.2 Å². The van der Waals surface area contributed by atoms with Crippen LogP contribution in [0, 0.1) is 6.92 Å². The van der Waals surface area contributed by atoms with Gasteiger partial charge in [-0.25, -0.2) is 9.97 Å². The van der Waals surface area contributed by atoms with E-state index in [1.807, 2.05) is 13.0 Å². The summed E-state index contributed by atoms with van der Waals surface area (Å²) in [4.78, 5) is 22.9. The van der Waals surface area contributed by atoms with Gasteiger partial charge >= 0.3 is 0 Å². The molecule has 1 N–H and O–H groups in total. The minimum atomic E-state index is -0.811. The molecular weight excluding hydrogens is 294 g/mol. The molecule has 0 radical (unpaired) electrons. The van der Waals surface area contributed by atoms with Crippen LogP contribution < -0.4 is 0 Å². The molecule has 0 unspecified atom stereocenters. The van der Waals surface area contributed by atoms with Crippen molar-refractivity contribution in [3.05, 3.63) is 23.8 Å². The second-order valence-electron chi connectivity index (χ2n) is 6.69. The number of carbonyl (C=O) groups is 1. The van der Waals surface area contributed by atoms with E-state index in [2.05, 4.69) is 9.97 Å². The lowest BCUT2D eigenvalue weighted by atomic mass is 9.82. The van der Waals surface area contributed by atoms with Crippen molar-refractivity contribution in [1.82, 2.24) is 14.9 Å². The van der Waals surface area contributed by atoms with Crippen LogP contribution in [0.25, 0.3) is 0 Å². The molecule has 1 aliphatic carbocycles. The third kappa shape index (κ3) is 4.06. The summed E-state index contributed by atoms with van der Waals surface area (Å²) < 4.78 is 5.77. The largest absolute Gasteiger partial charge is 0.389 e. The van der Waals surface area contributed by atoms with Gasteiger partial charge in [0, 0.05) is 12.7 Å². The molecule has 2 fully saturated rings. The minimum absolute atomic E-state index is 0.0217. The van der Waals surface area contributed by atoms with Crippen LogP contribution in [0.1, 0.15) is 56.1 Å². The Balaban J connectivity index is 1.62. The first-order valence-corrected chi connectivity index (χ1v) is 8.47. The molecule has 0 bridgehead atoms. The zero-order valence-electron chi connectivity index (χ0n) is 13.7. The number of hydrogen-bond acceptors (Lipinski definition) is 5. The summed E-state index contributed by atoms with van der Waals surface area (Å²) in [6.45, 7) is 3.41. The van der Waals surface area contributed by atoms with Gasteiger partial charge in [0.25, 0.3) is 0 Å². The number of carbonyl (C=O) groups excluding carboxylic acids is 1. The summed E-state index contributed by atoms with van der Waals surface area (Å²) in [5, 5.41) is 10.6. The molecule has 2 heterocycles. The minimum Gasteiger partial charge on any atom is -0.389 e. The van der Waals surface area contributed by atoms with Crippen molar-refractivity contribution in [1.29, 1.82) is 0 Å². The van der Waals surface area contributed by atoms with Crippen molar-refractivity contribution in [3.8, 4) is 0 Å². The van der Waals surface area contributed by atoms with Crippen molar-refractivity contribution >= 4 is 5.91 Å². The molecule has 1 amide bonds. The maximum Gasteiger partial charge on any atom is 0.225 e. The first-order chi connectivity index (χ1) is 11.1. The summed E-state index contributed by atoms with van der Waals surface area (Å²) in [5.74, 6) is 0.722. The zero-order valence-corrected chi connectivity index (χ0v) is 13.7. The topological polar surface area (TPSA) is 75.6 Å². The number of aromatic nitrogens is 2. The molecule has 0 spiro atoms. The molecule has 23 heavy (non-hydrogen) atoms. The van der Waals surface area contributed by atoms with E-state index in [0.717, 1.165) is 37.8 Å². The van der Waals surface area contributed by atoms with Gasteiger partial charge in [-0.15, -0.1) is 0 Å². The smallest absolute Gasteiger partial charge is 0.225 e. The first-order valence-electron chi connectivity index (χ1n) is 8.47. The van der Waals surface area contributed by atoms with Crippen LogP contribution >= 0.6 is 0 Å². The van der Waals surface area contributed by atoms with Gasteiger partial charge in [0.1, 0.15) is 11.9 Å². The Morgan fingerprint density at radius 2 is 2.22 bits per heavy atom. The predicted molar refractivity (Wildman–Crippen MR) is 84.7 cm³/mol. The second-order valence-corrected chi connectivity index (χ2v) is 6.69. The number of nitrogens with zero attached hydrogens (tertiary/aromatic N) is 3. The highest BCUT2D eigenvalue weighted by atomic mass is 16.5. The van der Waals surface area contributed by atoms with Gasteiger partial charge in [-0.1, -0.05) is 19.3 Å². The Morgan fingerprint density at radius 3 is 2.96 bits per heavy atom. The molecule has 1 saturated carbocycles. The lowest BCUT2D eigenvalue weighted by Gasteiger charge is -2.37. The lowest BCUT2D eigenvalue weighted by Crippen LogP contribution is -2.46. The van der Waals surface area contributed by atoms with E-state index >= 15 is 0 Å². The normalized spacial score (nSPS) is 24.4. The molecule has 6 heteroatoms. The molecule has 1 aromatic rings. The number of ether oxygens (including phenoxy) is 1. The molecule has 2 aliphatic rings. The summed E-state index contributed by atoms with van der Waals surface area (Å²) in [5.41, 5.74) is 0.000588. The van der Waals surface area contributed by atoms with E-state index in [1.165, 1.54) is 0 Å². The number of aryl methyl sites for hydroxylation is 1. The van der Waals surface area contributed by atoms with E-state index in [9.17, 15) is 9.90 Å². The van der Waals surface area contributed by atoms with Crippen molar-refractivity contribution in [2.45, 2.75) is 57.2 Å². The first kappa shape index (κ1) is 16.3. The van der Waals surface area contributed by atoms with Crippen LogP contribution in [0.4, 0.5) is 0 Å². The third-order valence-corrected chi connectivity index (χ3v) is 4.81. The highest BCUT2D eigenvalue weighted by Gasteiger charge is 2.35. The summed E-state index contributed by atoms with van der Waals surface area (Å²) >= 11 is 0. The highest BCUT2D eigenvalue weighted by Crippen LogP contribution is 2.32. The fourth-order valence-electron chi connectivity index (χ4n) is 3.49. The number of amides is 1. The average Bonchev–Trinajstić information content (AvgIpc) is 2.55. The highest BCUT2D eigenvalue weighted by molar-refractivity contribution is 5.77. The van der Waals surface area contributed by atoms with Crippen molar-refractivity contribution in [3.63, 3.8) is 0 Å². The molecular formula is C17H25N3O3. The maximum absolute atomic E-state index is 12.6. The molecule has 1 aromatic heterocycles. The zero-order chi connectivity index (χ0) is 16.3. The van der Waals surface area contributed by atoms with Gasteiger partial charge < -0.3 is 14.7 Å². The van der Waals surface area contributed by atoms with Crippen LogP contribution in [0.3, 0.4) is 0 Å². The molecule has 3 rings (SSSR count). The Labute approximate surface area is 136 Å².